The van der Waals surface area contributed by atoms with Gasteiger partial charge in [0.05, 0.1) is 6.04 Å². The molecule has 0 aromatic heterocycles. The average molecular weight is 226 g/mol. The van der Waals surface area contributed by atoms with Crippen molar-refractivity contribution < 1.29 is 4.79 Å². The first-order chi connectivity index (χ1) is 7.79. The van der Waals surface area contributed by atoms with Crippen LogP contribution in [0, 0.1) is 0 Å². The van der Waals surface area contributed by atoms with Gasteiger partial charge in [-0.1, -0.05) is 26.7 Å². The van der Waals surface area contributed by atoms with Crippen LogP contribution in [0.1, 0.15) is 52.4 Å². The summed E-state index contributed by atoms with van der Waals surface area (Å²) in [6, 6.07) is 0.105. The highest BCUT2D eigenvalue weighted by Gasteiger charge is 2.25. The molecule has 3 nitrogen and oxygen atoms in total. The Hall–Kier alpha value is -0.570. The van der Waals surface area contributed by atoms with Crippen molar-refractivity contribution in [2.24, 2.45) is 0 Å². The average Bonchev–Trinajstić information content (AvgIpc) is 2.82. The number of carbonyl (C=O) groups excluding carboxylic acids is 1. The van der Waals surface area contributed by atoms with Gasteiger partial charge in [-0.25, -0.2) is 0 Å². The number of carbonyl (C=O) groups is 1. The van der Waals surface area contributed by atoms with Crippen molar-refractivity contribution in [2.45, 2.75) is 58.4 Å². The highest BCUT2D eigenvalue weighted by molar-refractivity contribution is 5.82. The van der Waals surface area contributed by atoms with Gasteiger partial charge in [-0.05, 0) is 32.2 Å². The second-order valence-corrected chi connectivity index (χ2v) is 4.68. The largest absolute Gasteiger partial charge is 0.341 e. The number of nitrogens with one attached hydrogen (secondary N) is 1. The molecular formula is C13H26N2O. The molecule has 1 heterocycles. The summed E-state index contributed by atoms with van der Waals surface area (Å²) < 4.78 is 0. The molecule has 1 N–H and O–H groups in total. The lowest BCUT2D eigenvalue weighted by Gasteiger charge is -2.25. The molecule has 1 aliphatic heterocycles. The van der Waals surface area contributed by atoms with E-state index < -0.39 is 0 Å². The normalized spacial score (nSPS) is 20.0. The van der Waals surface area contributed by atoms with Crippen LogP contribution in [0.15, 0.2) is 0 Å². The van der Waals surface area contributed by atoms with Crippen molar-refractivity contribution in [3.05, 3.63) is 0 Å². The van der Waals surface area contributed by atoms with Crippen molar-refractivity contribution in [3.63, 3.8) is 0 Å². The van der Waals surface area contributed by atoms with Crippen LogP contribution in [0.2, 0.25) is 0 Å². The summed E-state index contributed by atoms with van der Waals surface area (Å²) in [5.41, 5.74) is 0. The molecule has 0 aromatic rings. The minimum Gasteiger partial charge on any atom is -0.341 e. The van der Waals surface area contributed by atoms with Gasteiger partial charge in [-0.2, -0.15) is 0 Å². The summed E-state index contributed by atoms with van der Waals surface area (Å²) in [6.45, 7) is 7.24. The monoisotopic (exact) mass is 226 g/mol. The Morgan fingerprint density at radius 2 is 1.88 bits per heavy atom. The Bertz CT molecular complexity index is 192. The molecule has 1 amide bonds. The Morgan fingerprint density at radius 3 is 2.31 bits per heavy atom. The van der Waals surface area contributed by atoms with E-state index in [0.29, 0.717) is 5.91 Å². The van der Waals surface area contributed by atoms with Crippen LogP contribution >= 0.6 is 0 Å². The van der Waals surface area contributed by atoms with Gasteiger partial charge in [0, 0.05) is 13.1 Å². The zero-order valence-corrected chi connectivity index (χ0v) is 10.8. The second-order valence-electron chi connectivity index (χ2n) is 4.68. The first-order valence-electron chi connectivity index (χ1n) is 6.81. The van der Waals surface area contributed by atoms with Crippen LogP contribution in [-0.2, 0) is 4.79 Å². The van der Waals surface area contributed by atoms with Gasteiger partial charge in [-0.15, -0.1) is 0 Å². The fraction of sp³-hybridized carbons (Fsp3) is 0.923. The van der Waals surface area contributed by atoms with Crippen molar-refractivity contribution in [1.82, 2.24) is 10.2 Å². The van der Waals surface area contributed by atoms with E-state index in [2.05, 4.69) is 24.1 Å². The summed E-state index contributed by atoms with van der Waals surface area (Å²) in [7, 11) is 0. The molecule has 0 bridgehead atoms. The number of hydrogen-bond acceptors (Lipinski definition) is 2. The molecule has 16 heavy (non-hydrogen) atoms. The molecule has 3 heteroatoms. The van der Waals surface area contributed by atoms with E-state index >= 15 is 0 Å². The van der Waals surface area contributed by atoms with Gasteiger partial charge in [0.1, 0.15) is 0 Å². The smallest absolute Gasteiger partial charge is 0.239 e. The van der Waals surface area contributed by atoms with Crippen LogP contribution in [-0.4, -0.2) is 36.5 Å². The quantitative estimate of drug-likeness (QED) is 0.721. The van der Waals surface area contributed by atoms with E-state index in [9.17, 15) is 4.79 Å². The van der Waals surface area contributed by atoms with Crippen LogP contribution in [0.25, 0.3) is 0 Å². The second kappa shape index (κ2) is 7.66. The summed E-state index contributed by atoms with van der Waals surface area (Å²) in [5.74, 6) is 0.333. The fourth-order valence-corrected chi connectivity index (χ4v) is 2.15. The zero-order chi connectivity index (χ0) is 11.8. The molecule has 94 valence electrons. The Balaban J connectivity index is 2.41. The molecule has 1 rings (SSSR count). The van der Waals surface area contributed by atoms with Gasteiger partial charge in [0.15, 0.2) is 0 Å². The van der Waals surface area contributed by atoms with Gasteiger partial charge >= 0.3 is 0 Å². The molecular weight excluding hydrogens is 200 g/mol. The van der Waals surface area contributed by atoms with Crippen molar-refractivity contribution in [3.8, 4) is 0 Å². The van der Waals surface area contributed by atoms with Gasteiger partial charge in [0.25, 0.3) is 0 Å². The van der Waals surface area contributed by atoms with Crippen molar-refractivity contribution in [1.29, 1.82) is 0 Å². The summed E-state index contributed by atoms with van der Waals surface area (Å²) >= 11 is 0. The highest BCUT2D eigenvalue weighted by atomic mass is 16.2. The predicted molar refractivity (Wildman–Crippen MR) is 67.4 cm³/mol. The Labute approximate surface area is 99.6 Å². The van der Waals surface area contributed by atoms with E-state index in [1.165, 1.54) is 0 Å². The minimum absolute atomic E-state index is 0.105. The first kappa shape index (κ1) is 13.5. The van der Waals surface area contributed by atoms with Gasteiger partial charge < -0.3 is 10.2 Å². The zero-order valence-electron chi connectivity index (χ0n) is 10.8. The molecule has 1 saturated heterocycles. The summed E-state index contributed by atoms with van der Waals surface area (Å²) in [4.78, 5) is 14.3. The van der Waals surface area contributed by atoms with E-state index in [-0.39, 0.29) is 6.04 Å². The molecule has 1 atom stereocenters. The maximum atomic E-state index is 12.2. The van der Waals surface area contributed by atoms with Crippen LogP contribution in [0.3, 0.4) is 0 Å². The van der Waals surface area contributed by atoms with Crippen LogP contribution < -0.4 is 5.32 Å². The van der Waals surface area contributed by atoms with Crippen LogP contribution in [0.4, 0.5) is 0 Å². The van der Waals surface area contributed by atoms with Gasteiger partial charge in [0.2, 0.25) is 5.91 Å². The topological polar surface area (TPSA) is 32.3 Å². The number of amides is 1. The lowest BCUT2D eigenvalue weighted by atomic mass is 10.1. The van der Waals surface area contributed by atoms with Crippen LogP contribution in [0.5, 0.6) is 0 Å². The summed E-state index contributed by atoms with van der Waals surface area (Å²) in [6.07, 6.45) is 6.74. The molecule has 0 aromatic carbocycles. The molecule has 0 aliphatic carbocycles. The fourth-order valence-electron chi connectivity index (χ4n) is 2.15. The Morgan fingerprint density at radius 1 is 1.25 bits per heavy atom. The molecule has 0 spiro atoms. The number of rotatable bonds is 7. The Kier molecular flexibility index (Phi) is 6.46. The van der Waals surface area contributed by atoms with Crippen molar-refractivity contribution in [2.75, 3.05) is 19.6 Å². The van der Waals surface area contributed by atoms with Gasteiger partial charge in [-0.3, -0.25) is 4.79 Å². The maximum absolute atomic E-state index is 12.2. The molecule has 1 unspecified atom stereocenters. The molecule has 1 fully saturated rings. The summed E-state index contributed by atoms with van der Waals surface area (Å²) in [5, 5.41) is 3.30. The van der Waals surface area contributed by atoms with E-state index in [4.69, 9.17) is 0 Å². The third-order valence-corrected chi connectivity index (χ3v) is 3.23. The SMILES string of the molecule is CCCCN(CCCC)C(=O)C1CCCN1. The van der Waals surface area contributed by atoms with E-state index in [1.54, 1.807) is 0 Å². The first-order valence-corrected chi connectivity index (χ1v) is 6.81. The standard InChI is InChI=1S/C13H26N2O/c1-3-5-10-15(11-6-4-2)13(16)12-8-7-9-14-12/h12,14H,3-11H2,1-2H3. The maximum Gasteiger partial charge on any atom is 0.239 e. The van der Waals surface area contributed by atoms with E-state index in [0.717, 1.165) is 58.2 Å². The molecule has 1 aliphatic rings. The lowest BCUT2D eigenvalue weighted by Crippen LogP contribution is -2.44. The van der Waals surface area contributed by atoms with E-state index in [1.807, 2.05) is 0 Å². The third-order valence-electron chi connectivity index (χ3n) is 3.23. The minimum atomic E-state index is 0.105. The number of unbranched alkanes of at least 4 members (excludes halogenated alkanes) is 2. The highest BCUT2D eigenvalue weighted by Crippen LogP contribution is 2.10. The predicted octanol–water partition coefficient (Wildman–Crippen LogP) is 2.17. The number of hydrogen-bond donors (Lipinski definition) is 1. The number of nitrogens with zero attached hydrogens (tertiary/aromatic N) is 1. The molecule has 0 radical (unpaired) electrons. The molecule has 0 saturated carbocycles. The lowest BCUT2D eigenvalue weighted by molar-refractivity contribution is -0.133. The van der Waals surface area contributed by atoms with Crippen molar-refractivity contribution >= 4 is 5.91 Å². The third kappa shape index (κ3) is 4.12.